The Bertz CT molecular complexity index is 751. The lowest BCUT2D eigenvalue weighted by Gasteiger charge is -2.13. The number of aliphatic hydroxyl groups is 1. The van der Waals surface area contributed by atoms with Crippen LogP contribution in [0.2, 0.25) is 0 Å². The van der Waals surface area contributed by atoms with E-state index in [1.54, 1.807) is 20.8 Å². The van der Waals surface area contributed by atoms with Crippen LogP contribution in [0.15, 0.2) is 24.3 Å². The molecule has 0 aliphatic carbocycles. The number of fused-ring (bicyclic) bond motifs is 1. The Hall–Kier alpha value is -1.60. The number of benzene rings is 1. The molecule has 1 atom stereocenters. The van der Waals surface area contributed by atoms with Crippen LogP contribution in [0.25, 0.3) is 11.0 Å². The van der Waals surface area contributed by atoms with Gasteiger partial charge in [-0.2, -0.15) is 0 Å². The minimum Gasteiger partial charge on any atom is -0.392 e. The summed E-state index contributed by atoms with van der Waals surface area (Å²) in [5.41, 5.74) is 1.81. The number of rotatable bonds is 8. The number of hydrogen-bond acceptors (Lipinski definition) is 5. The van der Waals surface area contributed by atoms with E-state index >= 15 is 0 Å². The average molecular weight is 339 g/mol. The molecule has 0 unspecified atom stereocenters. The van der Waals surface area contributed by atoms with Crippen LogP contribution in [0, 0.1) is 0 Å². The van der Waals surface area contributed by atoms with Crippen LogP contribution in [0.4, 0.5) is 5.95 Å². The van der Waals surface area contributed by atoms with Gasteiger partial charge in [0, 0.05) is 13.1 Å². The van der Waals surface area contributed by atoms with Crippen molar-refractivity contribution in [2.24, 2.45) is 0 Å². The molecule has 0 spiro atoms. The first-order chi connectivity index (χ1) is 10.8. The van der Waals surface area contributed by atoms with E-state index in [2.05, 4.69) is 10.3 Å². The highest BCUT2D eigenvalue weighted by molar-refractivity contribution is 7.91. The Kier molecular flexibility index (Phi) is 5.64. The maximum atomic E-state index is 11.9. The number of aromatic nitrogens is 2. The van der Waals surface area contributed by atoms with E-state index < -0.39 is 15.9 Å². The zero-order chi connectivity index (χ0) is 17.0. The lowest BCUT2D eigenvalue weighted by atomic mass is 10.3. The summed E-state index contributed by atoms with van der Waals surface area (Å²) in [6, 6.07) is 7.74. The highest BCUT2D eigenvalue weighted by atomic mass is 32.2. The minimum absolute atomic E-state index is 0.160. The fourth-order valence-electron chi connectivity index (χ4n) is 2.34. The van der Waals surface area contributed by atoms with E-state index in [0.29, 0.717) is 25.5 Å². The highest BCUT2D eigenvalue weighted by Crippen LogP contribution is 2.20. The SMILES string of the molecule is CC(C)S(=O)(=O)CCCn1c(NC[C@H](C)O)nc2ccccc21. The van der Waals surface area contributed by atoms with E-state index in [4.69, 9.17) is 0 Å². The normalized spacial score (nSPS) is 13.6. The van der Waals surface area contributed by atoms with Crippen LogP contribution in [0.1, 0.15) is 27.2 Å². The third-order valence-corrected chi connectivity index (χ3v) is 6.03. The first-order valence-electron chi connectivity index (χ1n) is 7.90. The zero-order valence-electron chi connectivity index (χ0n) is 13.9. The molecule has 1 aromatic heterocycles. The lowest BCUT2D eigenvalue weighted by molar-refractivity contribution is 0.208. The molecule has 2 N–H and O–H groups in total. The molecular formula is C16H25N3O3S. The molecule has 128 valence electrons. The maximum absolute atomic E-state index is 11.9. The van der Waals surface area contributed by atoms with E-state index in [1.165, 1.54) is 0 Å². The Balaban J connectivity index is 2.18. The van der Waals surface area contributed by atoms with Gasteiger partial charge in [0.25, 0.3) is 0 Å². The van der Waals surface area contributed by atoms with Gasteiger partial charge in [0.15, 0.2) is 9.84 Å². The quantitative estimate of drug-likeness (QED) is 0.769. The number of sulfone groups is 1. The number of anilines is 1. The molecule has 0 amide bonds. The van der Waals surface area contributed by atoms with Gasteiger partial charge in [-0.05, 0) is 39.3 Å². The maximum Gasteiger partial charge on any atom is 0.203 e. The van der Waals surface area contributed by atoms with Crippen LogP contribution in [-0.4, -0.2) is 46.7 Å². The Morgan fingerprint density at radius 3 is 2.61 bits per heavy atom. The molecule has 0 radical (unpaired) electrons. The Labute approximate surface area is 137 Å². The topological polar surface area (TPSA) is 84.2 Å². The molecule has 0 fully saturated rings. The molecule has 0 aliphatic rings. The van der Waals surface area contributed by atoms with Gasteiger partial charge in [-0.15, -0.1) is 0 Å². The van der Waals surface area contributed by atoms with Crippen molar-refractivity contribution >= 4 is 26.8 Å². The van der Waals surface area contributed by atoms with Crippen molar-refractivity contribution < 1.29 is 13.5 Å². The third kappa shape index (κ3) is 4.45. The van der Waals surface area contributed by atoms with Crippen molar-refractivity contribution in [3.8, 4) is 0 Å². The summed E-state index contributed by atoms with van der Waals surface area (Å²) < 4.78 is 25.9. The number of aliphatic hydroxyl groups excluding tert-OH is 1. The highest BCUT2D eigenvalue weighted by Gasteiger charge is 2.17. The summed E-state index contributed by atoms with van der Waals surface area (Å²) in [5.74, 6) is 0.821. The van der Waals surface area contributed by atoms with Crippen LogP contribution >= 0.6 is 0 Å². The van der Waals surface area contributed by atoms with Crippen molar-refractivity contribution in [3.05, 3.63) is 24.3 Å². The lowest BCUT2D eigenvalue weighted by Crippen LogP contribution is -2.20. The van der Waals surface area contributed by atoms with Gasteiger partial charge >= 0.3 is 0 Å². The Morgan fingerprint density at radius 2 is 1.96 bits per heavy atom. The average Bonchev–Trinajstić information content (AvgIpc) is 2.83. The van der Waals surface area contributed by atoms with Gasteiger partial charge in [0.2, 0.25) is 5.95 Å². The zero-order valence-corrected chi connectivity index (χ0v) is 14.7. The Morgan fingerprint density at radius 1 is 1.26 bits per heavy atom. The number of nitrogens with zero attached hydrogens (tertiary/aromatic N) is 2. The van der Waals surface area contributed by atoms with Gasteiger partial charge in [0.05, 0.1) is 28.1 Å². The molecule has 0 saturated heterocycles. The van der Waals surface area contributed by atoms with Crippen molar-refractivity contribution in [1.82, 2.24) is 9.55 Å². The largest absolute Gasteiger partial charge is 0.392 e. The summed E-state index contributed by atoms with van der Waals surface area (Å²) in [4.78, 5) is 4.53. The molecule has 0 bridgehead atoms. The molecule has 23 heavy (non-hydrogen) atoms. The minimum atomic E-state index is -3.04. The van der Waals surface area contributed by atoms with Crippen LogP contribution < -0.4 is 5.32 Å². The molecule has 1 aromatic carbocycles. The summed E-state index contributed by atoms with van der Waals surface area (Å²) in [6.45, 7) is 6.08. The molecule has 0 aliphatic heterocycles. The summed E-state index contributed by atoms with van der Waals surface area (Å²) >= 11 is 0. The van der Waals surface area contributed by atoms with Crippen molar-refractivity contribution in [2.75, 3.05) is 17.6 Å². The number of para-hydroxylation sites is 2. The van der Waals surface area contributed by atoms with E-state index in [9.17, 15) is 13.5 Å². The van der Waals surface area contributed by atoms with Crippen molar-refractivity contribution in [1.29, 1.82) is 0 Å². The molecule has 1 heterocycles. The molecule has 2 rings (SSSR count). The van der Waals surface area contributed by atoms with E-state index in [0.717, 1.165) is 11.0 Å². The van der Waals surface area contributed by atoms with Gasteiger partial charge in [-0.3, -0.25) is 0 Å². The van der Waals surface area contributed by atoms with Gasteiger partial charge < -0.3 is 15.0 Å². The predicted octanol–water partition coefficient (Wildman–Crippen LogP) is 2.04. The number of imidazole rings is 1. The third-order valence-electron chi connectivity index (χ3n) is 3.74. The van der Waals surface area contributed by atoms with Crippen LogP contribution in [-0.2, 0) is 16.4 Å². The monoisotopic (exact) mass is 339 g/mol. The first kappa shape index (κ1) is 17.7. The molecule has 2 aromatic rings. The van der Waals surface area contributed by atoms with E-state index in [-0.39, 0.29) is 11.0 Å². The number of nitrogens with one attached hydrogen (secondary N) is 1. The van der Waals surface area contributed by atoms with Crippen molar-refractivity contribution in [2.45, 2.75) is 45.1 Å². The van der Waals surface area contributed by atoms with Gasteiger partial charge in [-0.1, -0.05) is 12.1 Å². The van der Waals surface area contributed by atoms with Crippen LogP contribution in [0.3, 0.4) is 0 Å². The molecule has 7 heteroatoms. The van der Waals surface area contributed by atoms with Crippen molar-refractivity contribution in [3.63, 3.8) is 0 Å². The van der Waals surface area contributed by atoms with Crippen LogP contribution in [0.5, 0.6) is 0 Å². The summed E-state index contributed by atoms with van der Waals surface area (Å²) in [6.07, 6.45) is 0.0501. The second kappa shape index (κ2) is 7.31. The molecule has 6 nitrogen and oxygen atoms in total. The standard InChI is InChI=1S/C16H25N3O3S/c1-12(2)23(21,22)10-6-9-19-15-8-5-4-7-14(15)18-16(19)17-11-13(3)20/h4-5,7-8,12-13,20H,6,9-11H2,1-3H3,(H,17,18)/t13-/m0/s1. The molecular weight excluding hydrogens is 314 g/mol. The summed E-state index contributed by atoms with van der Waals surface area (Å²) in [7, 11) is -3.04. The van der Waals surface area contributed by atoms with Gasteiger partial charge in [-0.25, -0.2) is 13.4 Å². The smallest absolute Gasteiger partial charge is 0.203 e. The fraction of sp³-hybridized carbons (Fsp3) is 0.562. The second-order valence-electron chi connectivity index (χ2n) is 6.07. The van der Waals surface area contributed by atoms with Gasteiger partial charge in [0.1, 0.15) is 0 Å². The molecule has 0 saturated carbocycles. The van der Waals surface area contributed by atoms with E-state index in [1.807, 2.05) is 28.8 Å². The second-order valence-corrected chi connectivity index (χ2v) is 8.75. The predicted molar refractivity (Wildman–Crippen MR) is 93.4 cm³/mol. The number of hydrogen-bond donors (Lipinski definition) is 2. The number of aryl methyl sites for hydroxylation is 1. The summed E-state index contributed by atoms with van der Waals surface area (Å²) in [5, 5.41) is 12.2. The fourth-order valence-corrected chi connectivity index (χ4v) is 3.34. The first-order valence-corrected chi connectivity index (χ1v) is 9.61.